The van der Waals surface area contributed by atoms with Gasteiger partial charge in [0, 0.05) is 13.1 Å². The summed E-state index contributed by atoms with van der Waals surface area (Å²) >= 11 is 8.43. The van der Waals surface area contributed by atoms with Gasteiger partial charge in [-0.3, -0.25) is 10.1 Å². The number of carbonyl (C=O) groups is 1. The van der Waals surface area contributed by atoms with Gasteiger partial charge >= 0.3 is 0 Å². The van der Waals surface area contributed by atoms with Gasteiger partial charge in [0.1, 0.15) is 25.3 Å². The van der Waals surface area contributed by atoms with Crippen molar-refractivity contribution in [3.05, 3.63) is 125 Å². The molecule has 4 aromatic rings. The Hall–Kier alpha value is -2.91. The van der Waals surface area contributed by atoms with E-state index in [-0.39, 0.29) is 5.91 Å². The summed E-state index contributed by atoms with van der Waals surface area (Å²) in [6, 6.07) is 36.6. The molecule has 0 spiro atoms. The van der Waals surface area contributed by atoms with Crippen LogP contribution < -0.4 is 21.2 Å². The van der Waals surface area contributed by atoms with Crippen molar-refractivity contribution < 1.29 is 4.79 Å². The third-order valence-electron chi connectivity index (χ3n) is 5.08. The fourth-order valence-electron chi connectivity index (χ4n) is 3.77. The van der Waals surface area contributed by atoms with Crippen LogP contribution in [0.4, 0.5) is 0 Å². The standard InChI is InChI=1S/C27H22ClN2OPS/c1-21(31)30-27(26(28)33-25-19-11-12-20-29-25)32(22-13-5-2-6-14-22,23-15-7-3-8-16-23)24-17-9-4-10-18-24/h2-20H,1H3/p+1. The van der Waals surface area contributed by atoms with Crippen LogP contribution in [0.3, 0.4) is 0 Å². The van der Waals surface area contributed by atoms with Crippen LogP contribution in [0.1, 0.15) is 6.92 Å². The van der Waals surface area contributed by atoms with E-state index < -0.39 is 7.26 Å². The third kappa shape index (κ3) is 5.04. The predicted octanol–water partition coefficient (Wildman–Crippen LogP) is 5.67. The van der Waals surface area contributed by atoms with Gasteiger partial charge in [0.2, 0.25) is 11.3 Å². The Kier molecular flexibility index (Phi) is 7.61. The minimum Gasteiger partial charge on any atom is -0.295 e. The van der Waals surface area contributed by atoms with Crippen LogP contribution in [0.15, 0.2) is 130 Å². The number of rotatable bonds is 7. The molecule has 0 aliphatic carbocycles. The van der Waals surface area contributed by atoms with Crippen molar-refractivity contribution in [1.82, 2.24) is 10.3 Å². The lowest BCUT2D eigenvalue weighted by atomic mass is 10.4. The molecule has 0 fully saturated rings. The van der Waals surface area contributed by atoms with E-state index >= 15 is 0 Å². The highest BCUT2D eigenvalue weighted by molar-refractivity contribution is 8.06. The van der Waals surface area contributed by atoms with Crippen molar-refractivity contribution in [3.63, 3.8) is 0 Å². The molecule has 1 amide bonds. The lowest BCUT2D eigenvalue weighted by Crippen LogP contribution is -2.38. The van der Waals surface area contributed by atoms with E-state index in [2.05, 4.69) is 46.7 Å². The molecule has 164 valence electrons. The monoisotopic (exact) mass is 489 g/mol. The van der Waals surface area contributed by atoms with Gasteiger partial charge in [-0.15, -0.1) is 0 Å². The Balaban J connectivity index is 2.09. The molecule has 0 bridgehead atoms. The summed E-state index contributed by atoms with van der Waals surface area (Å²) in [5.74, 6) is -0.170. The van der Waals surface area contributed by atoms with Crippen LogP contribution in [-0.2, 0) is 4.79 Å². The fraction of sp³-hybridized carbons (Fsp3) is 0.0370. The Morgan fingerprint density at radius 1 is 0.758 bits per heavy atom. The zero-order chi connectivity index (χ0) is 23.1. The molecule has 0 atom stereocenters. The largest absolute Gasteiger partial charge is 0.295 e. The van der Waals surface area contributed by atoms with E-state index in [1.54, 1.807) is 6.20 Å². The summed E-state index contributed by atoms with van der Waals surface area (Å²) in [5, 5.41) is 7.22. The maximum atomic E-state index is 12.5. The van der Waals surface area contributed by atoms with Gasteiger partial charge in [-0.1, -0.05) is 84.0 Å². The van der Waals surface area contributed by atoms with Gasteiger partial charge < -0.3 is 0 Å². The summed E-state index contributed by atoms with van der Waals surface area (Å²) in [6.45, 7) is 1.52. The minimum atomic E-state index is -2.54. The van der Waals surface area contributed by atoms with Crippen molar-refractivity contribution >= 4 is 52.4 Å². The molecule has 0 radical (unpaired) electrons. The van der Waals surface area contributed by atoms with Crippen LogP contribution in [0.5, 0.6) is 0 Å². The fourth-order valence-corrected chi connectivity index (χ4v) is 9.69. The second-order valence-corrected chi connectivity index (χ2v) is 12.2. The Labute approximate surface area is 204 Å². The van der Waals surface area contributed by atoms with Crippen LogP contribution >= 0.6 is 30.6 Å². The maximum Gasteiger partial charge on any atom is 0.223 e. The predicted molar refractivity (Wildman–Crippen MR) is 142 cm³/mol. The summed E-state index contributed by atoms with van der Waals surface area (Å²) in [7, 11) is -2.54. The first kappa shape index (κ1) is 23.3. The Morgan fingerprint density at radius 2 is 1.21 bits per heavy atom. The molecule has 0 unspecified atom stereocenters. The lowest BCUT2D eigenvalue weighted by molar-refractivity contribution is -0.118. The second kappa shape index (κ2) is 10.8. The van der Waals surface area contributed by atoms with E-state index in [1.807, 2.05) is 72.8 Å². The number of pyridine rings is 1. The van der Waals surface area contributed by atoms with E-state index in [0.29, 0.717) is 9.80 Å². The number of amides is 1. The second-order valence-electron chi connectivity index (χ2n) is 7.25. The first-order chi connectivity index (χ1) is 16.1. The molecule has 0 aliphatic heterocycles. The van der Waals surface area contributed by atoms with Crippen molar-refractivity contribution in [1.29, 1.82) is 0 Å². The number of benzene rings is 3. The van der Waals surface area contributed by atoms with E-state index in [0.717, 1.165) is 20.9 Å². The van der Waals surface area contributed by atoms with Gasteiger partial charge in [-0.2, -0.15) is 0 Å². The van der Waals surface area contributed by atoms with Gasteiger partial charge in [0.15, 0.2) is 7.26 Å². The lowest BCUT2D eigenvalue weighted by Gasteiger charge is -2.29. The van der Waals surface area contributed by atoms with Crippen molar-refractivity contribution in [2.75, 3.05) is 0 Å². The van der Waals surface area contributed by atoms with Crippen LogP contribution in [0, 0.1) is 0 Å². The smallest absolute Gasteiger partial charge is 0.223 e. The normalized spacial score (nSPS) is 12.1. The number of nitrogens with one attached hydrogen (secondary N) is 1. The number of thioether (sulfide) groups is 1. The molecule has 33 heavy (non-hydrogen) atoms. The van der Waals surface area contributed by atoms with Gasteiger partial charge in [-0.05, 0) is 48.5 Å². The Morgan fingerprint density at radius 3 is 1.61 bits per heavy atom. The summed E-state index contributed by atoms with van der Waals surface area (Å²) in [5.41, 5.74) is 0.705. The number of halogens is 1. The van der Waals surface area contributed by atoms with Gasteiger partial charge in [-0.25, -0.2) is 4.98 Å². The zero-order valence-electron chi connectivity index (χ0n) is 18.1. The quantitative estimate of drug-likeness (QED) is 0.269. The van der Waals surface area contributed by atoms with Crippen LogP contribution in [-0.4, -0.2) is 10.9 Å². The zero-order valence-corrected chi connectivity index (χ0v) is 20.5. The number of aromatic nitrogens is 1. The topological polar surface area (TPSA) is 42.0 Å². The summed E-state index contributed by atoms with van der Waals surface area (Å²) in [4.78, 5) is 17.0. The summed E-state index contributed by atoms with van der Waals surface area (Å²) < 4.78 is 0.494. The molecule has 0 saturated carbocycles. The molecule has 1 N–H and O–H groups in total. The number of hydrogen-bond donors (Lipinski definition) is 1. The molecule has 4 rings (SSSR count). The molecule has 1 aromatic heterocycles. The molecule has 3 aromatic carbocycles. The van der Waals surface area contributed by atoms with Gasteiger partial charge in [0.25, 0.3) is 0 Å². The average molecular weight is 490 g/mol. The minimum absolute atomic E-state index is 0.170. The molecule has 0 aliphatic rings. The van der Waals surface area contributed by atoms with E-state index in [9.17, 15) is 4.79 Å². The first-order valence-electron chi connectivity index (χ1n) is 10.4. The number of nitrogens with zero attached hydrogens (tertiary/aromatic N) is 1. The van der Waals surface area contributed by atoms with E-state index in [4.69, 9.17) is 11.6 Å². The van der Waals surface area contributed by atoms with Crippen molar-refractivity contribution in [2.45, 2.75) is 11.9 Å². The maximum absolute atomic E-state index is 12.5. The van der Waals surface area contributed by atoms with Crippen LogP contribution in [0.25, 0.3) is 0 Å². The van der Waals surface area contributed by atoms with Crippen LogP contribution in [0.2, 0.25) is 0 Å². The molecule has 1 heterocycles. The van der Waals surface area contributed by atoms with Crippen molar-refractivity contribution in [3.8, 4) is 0 Å². The number of hydrogen-bond acceptors (Lipinski definition) is 3. The Bertz CT molecular complexity index is 1140. The highest BCUT2D eigenvalue weighted by Gasteiger charge is 2.52. The third-order valence-corrected chi connectivity index (χ3v) is 10.8. The highest BCUT2D eigenvalue weighted by Crippen LogP contribution is 2.63. The summed E-state index contributed by atoms with van der Waals surface area (Å²) in [6.07, 6.45) is 1.73. The molecule has 6 heteroatoms. The molecule has 3 nitrogen and oxygen atoms in total. The first-order valence-corrected chi connectivity index (χ1v) is 13.4. The van der Waals surface area contributed by atoms with Gasteiger partial charge in [0.05, 0.1) is 0 Å². The average Bonchev–Trinajstić information content (AvgIpc) is 2.86. The molecular weight excluding hydrogens is 467 g/mol. The number of carbonyl (C=O) groups excluding carboxylic acids is 1. The SMILES string of the molecule is CC(=O)NC(=C(Cl)Sc1ccccn1)[P+](c1ccccc1)(c1ccccc1)c1ccccc1. The molecular formula is C27H23ClN2OPS+. The molecule has 0 saturated heterocycles. The van der Waals surface area contributed by atoms with Crippen molar-refractivity contribution in [2.24, 2.45) is 0 Å². The van der Waals surface area contributed by atoms with E-state index in [1.165, 1.54) is 18.7 Å². The highest BCUT2D eigenvalue weighted by atomic mass is 35.5.